The Labute approximate surface area is 155 Å². The zero-order valence-corrected chi connectivity index (χ0v) is 16.2. The summed E-state index contributed by atoms with van der Waals surface area (Å²) in [6.07, 6.45) is 7.90. The van der Waals surface area contributed by atoms with Gasteiger partial charge in [-0.25, -0.2) is 0 Å². The van der Waals surface area contributed by atoms with E-state index >= 15 is 0 Å². The molecule has 2 aromatic rings. The number of nitrogens with one attached hydrogen (secondary N) is 1. The van der Waals surface area contributed by atoms with Crippen molar-refractivity contribution in [2.45, 2.75) is 57.9 Å². The number of benzene rings is 1. The number of hydrogen-bond donors (Lipinski definition) is 1. The number of hydrogen-bond acceptors (Lipinski definition) is 2. The van der Waals surface area contributed by atoms with Gasteiger partial charge in [-0.1, -0.05) is 38.2 Å². The molecule has 1 atom stereocenters. The fraction of sp³-hybridized carbons (Fsp3) is 0.591. The highest BCUT2D eigenvalue weighted by Gasteiger charge is 2.44. The van der Waals surface area contributed by atoms with Gasteiger partial charge >= 0.3 is 0 Å². The van der Waals surface area contributed by atoms with Crippen molar-refractivity contribution in [3.8, 4) is 5.75 Å². The first-order chi connectivity index (χ1) is 12.5. The summed E-state index contributed by atoms with van der Waals surface area (Å²) in [4.78, 5) is 18.7. The number of carbonyl (C=O) groups is 1. The number of fused-ring (bicyclic) bond motifs is 1. The van der Waals surface area contributed by atoms with Crippen LogP contribution in [0.1, 0.15) is 62.9 Å². The molecule has 1 amide bonds. The molecule has 2 heterocycles. The molecule has 2 fully saturated rings. The average Bonchev–Trinajstić information content (AvgIpc) is 3.22. The maximum atomic E-state index is 13.3. The smallest absolute Gasteiger partial charge is 0.270 e. The number of carbonyl (C=O) groups excluding carboxylic acids is 1. The molecule has 0 bridgehead atoms. The van der Waals surface area contributed by atoms with Crippen molar-refractivity contribution in [1.82, 2.24) is 9.88 Å². The molecule has 1 unspecified atom stereocenters. The summed E-state index contributed by atoms with van der Waals surface area (Å²) in [6, 6.07) is 7.82. The summed E-state index contributed by atoms with van der Waals surface area (Å²) < 4.78 is 5.44. The topological polar surface area (TPSA) is 45.3 Å². The lowest BCUT2D eigenvalue weighted by Crippen LogP contribution is -2.42. The Balaban J connectivity index is 1.59. The number of methoxy groups -OCH3 is 1. The molecule has 0 radical (unpaired) electrons. The molecule has 1 aromatic heterocycles. The van der Waals surface area contributed by atoms with Crippen LogP contribution in [-0.2, 0) is 0 Å². The zero-order chi connectivity index (χ0) is 18.3. The number of likely N-dealkylation sites (tertiary alicyclic amines) is 1. The van der Waals surface area contributed by atoms with Crippen LogP contribution >= 0.6 is 0 Å². The summed E-state index contributed by atoms with van der Waals surface area (Å²) >= 11 is 0. The Morgan fingerprint density at radius 2 is 1.96 bits per heavy atom. The summed E-state index contributed by atoms with van der Waals surface area (Å²) in [7, 11) is 1.67. The molecular formula is C22H30N2O2. The summed E-state index contributed by atoms with van der Waals surface area (Å²) in [5.41, 5.74) is 1.54. The van der Waals surface area contributed by atoms with Gasteiger partial charge in [0.25, 0.3) is 5.91 Å². The monoisotopic (exact) mass is 354 g/mol. The lowest BCUT2D eigenvalue weighted by atomic mass is 9.78. The summed E-state index contributed by atoms with van der Waals surface area (Å²) in [5, 5.41) is 0.971. The lowest BCUT2D eigenvalue weighted by molar-refractivity contribution is 0.0642. The number of H-pyrrole nitrogens is 1. The molecule has 26 heavy (non-hydrogen) atoms. The van der Waals surface area contributed by atoms with Crippen LogP contribution in [0.4, 0.5) is 0 Å². The van der Waals surface area contributed by atoms with Crippen molar-refractivity contribution in [2.75, 3.05) is 13.7 Å². The standard InChI is InChI=1S/C22H30N2O2/c1-22(2)13-16(15-8-5-4-6-9-15)14-24(22)21(25)19-12-17-18(23-19)10-7-11-20(17)26-3/h7,10-12,15-16,23H,4-6,8-9,13-14H2,1-3H3. The molecule has 2 aliphatic rings. The number of nitrogens with zero attached hydrogens (tertiary/aromatic N) is 1. The van der Waals surface area contributed by atoms with E-state index in [1.165, 1.54) is 32.1 Å². The van der Waals surface area contributed by atoms with Crippen LogP contribution < -0.4 is 4.74 Å². The van der Waals surface area contributed by atoms with E-state index in [9.17, 15) is 4.79 Å². The molecule has 1 saturated carbocycles. The highest BCUT2D eigenvalue weighted by Crippen LogP contribution is 2.42. The van der Waals surface area contributed by atoms with Gasteiger partial charge < -0.3 is 14.6 Å². The fourth-order valence-electron chi connectivity index (χ4n) is 5.14. The molecule has 1 aliphatic carbocycles. The number of rotatable bonds is 3. The minimum absolute atomic E-state index is 0.0828. The number of aromatic amines is 1. The van der Waals surface area contributed by atoms with E-state index in [1.54, 1.807) is 7.11 Å². The van der Waals surface area contributed by atoms with Gasteiger partial charge in [0, 0.05) is 23.0 Å². The third-order valence-corrected chi connectivity index (χ3v) is 6.55. The van der Waals surface area contributed by atoms with Crippen LogP contribution in [0.25, 0.3) is 10.9 Å². The second-order valence-corrected chi connectivity index (χ2v) is 8.70. The molecule has 1 N–H and O–H groups in total. The average molecular weight is 354 g/mol. The minimum Gasteiger partial charge on any atom is -0.496 e. The van der Waals surface area contributed by atoms with Crippen molar-refractivity contribution >= 4 is 16.8 Å². The van der Waals surface area contributed by atoms with Crippen molar-refractivity contribution in [3.63, 3.8) is 0 Å². The van der Waals surface area contributed by atoms with Crippen LogP contribution in [-0.4, -0.2) is 35.0 Å². The number of amides is 1. The van der Waals surface area contributed by atoms with E-state index in [0.29, 0.717) is 11.6 Å². The first kappa shape index (κ1) is 17.4. The van der Waals surface area contributed by atoms with Crippen LogP contribution in [0.15, 0.2) is 24.3 Å². The molecule has 1 saturated heterocycles. The second-order valence-electron chi connectivity index (χ2n) is 8.70. The summed E-state index contributed by atoms with van der Waals surface area (Å²) in [5.74, 6) is 2.36. The van der Waals surface area contributed by atoms with Gasteiger partial charge in [0.1, 0.15) is 11.4 Å². The van der Waals surface area contributed by atoms with Crippen LogP contribution in [0.2, 0.25) is 0 Å². The highest BCUT2D eigenvalue weighted by molar-refractivity contribution is 6.00. The molecule has 1 aromatic carbocycles. The molecule has 0 spiro atoms. The first-order valence-electron chi connectivity index (χ1n) is 9.97. The Kier molecular flexibility index (Phi) is 4.45. The normalized spacial score (nSPS) is 23.5. The van der Waals surface area contributed by atoms with Gasteiger partial charge in [0.05, 0.1) is 7.11 Å². The molecule has 4 nitrogen and oxygen atoms in total. The Morgan fingerprint density at radius 1 is 1.19 bits per heavy atom. The van der Waals surface area contributed by atoms with Crippen LogP contribution in [0, 0.1) is 11.8 Å². The van der Waals surface area contributed by atoms with Crippen molar-refractivity contribution in [1.29, 1.82) is 0 Å². The highest BCUT2D eigenvalue weighted by atomic mass is 16.5. The predicted octanol–water partition coefficient (Wildman–Crippen LogP) is 5.00. The lowest BCUT2D eigenvalue weighted by Gasteiger charge is -2.31. The molecule has 140 valence electrons. The summed E-state index contributed by atoms with van der Waals surface area (Å²) in [6.45, 7) is 5.33. The Morgan fingerprint density at radius 3 is 2.69 bits per heavy atom. The third kappa shape index (κ3) is 3.00. The maximum Gasteiger partial charge on any atom is 0.270 e. The van der Waals surface area contributed by atoms with E-state index in [2.05, 4.69) is 23.7 Å². The molecule has 4 rings (SSSR count). The molecular weight excluding hydrogens is 324 g/mol. The maximum absolute atomic E-state index is 13.3. The Hall–Kier alpha value is -1.97. The van der Waals surface area contributed by atoms with Crippen molar-refractivity contribution in [3.05, 3.63) is 30.0 Å². The van der Waals surface area contributed by atoms with Gasteiger partial charge in [0.2, 0.25) is 0 Å². The van der Waals surface area contributed by atoms with Gasteiger partial charge in [-0.2, -0.15) is 0 Å². The van der Waals surface area contributed by atoms with E-state index in [-0.39, 0.29) is 11.4 Å². The number of ether oxygens (including phenoxy) is 1. The Bertz CT molecular complexity index is 802. The van der Waals surface area contributed by atoms with Gasteiger partial charge in [-0.15, -0.1) is 0 Å². The zero-order valence-electron chi connectivity index (χ0n) is 16.2. The third-order valence-electron chi connectivity index (χ3n) is 6.55. The largest absolute Gasteiger partial charge is 0.496 e. The quantitative estimate of drug-likeness (QED) is 0.843. The first-order valence-corrected chi connectivity index (χ1v) is 9.97. The van der Waals surface area contributed by atoms with Gasteiger partial charge in [0.15, 0.2) is 0 Å². The fourth-order valence-corrected chi connectivity index (χ4v) is 5.14. The second kappa shape index (κ2) is 6.64. The van der Waals surface area contributed by atoms with E-state index in [1.807, 2.05) is 24.3 Å². The minimum atomic E-state index is -0.0828. The molecule has 4 heteroatoms. The predicted molar refractivity (Wildman–Crippen MR) is 105 cm³/mol. The van der Waals surface area contributed by atoms with Gasteiger partial charge in [-0.05, 0) is 50.3 Å². The van der Waals surface area contributed by atoms with Crippen LogP contribution in [0.5, 0.6) is 5.75 Å². The van der Waals surface area contributed by atoms with Gasteiger partial charge in [-0.3, -0.25) is 4.79 Å². The van der Waals surface area contributed by atoms with Crippen LogP contribution in [0.3, 0.4) is 0 Å². The molecule has 1 aliphatic heterocycles. The van der Waals surface area contributed by atoms with E-state index in [4.69, 9.17) is 4.74 Å². The van der Waals surface area contributed by atoms with Crippen molar-refractivity contribution < 1.29 is 9.53 Å². The number of aromatic nitrogens is 1. The SMILES string of the molecule is COc1cccc2[nH]c(C(=O)N3CC(C4CCCCC4)CC3(C)C)cc12. The van der Waals surface area contributed by atoms with E-state index < -0.39 is 0 Å². The van der Waals surface area contributed by atoms with E-state index in [0.717, 1.165) is 35.5 Å². The van der Waals surface area contributed by atoms with Crippen molar-refractivity contribution in [2.24, 2.45) is 11.8 Å².